The van der Waals surface area contributed by atoms with Crippen LogP contribution in [0.15, 0.2) is 35.9 Å². The summed E-state index contributed by atoms with van der Waals surface area (Å²) in [4.78, 5) is 14.6. The topological polar surface area (TPSA) is 38.3 Å². The lowest BCUT2D eigenvalue weighted by Gasteiger charge is -2.16. The van der Waals surface area contributed by atoms with Crippen molar-refractivity contribution in [1.82, 2.24) is 5.32 Å². The maximum atomic E-state index is 12.6. The van der Waals surface area contributed by atoms with Gasteiger partial charge in [0.15, 0.2) is 0 Å². The maximum absolute atomic E-state index is 12.6. The SMILES string of the molecule is COc1ccc2c(c1)-c1sc(C(=O)NCCC3=CCCCC3)cc1CC2. The molecule has 1 aromatic heterocycles. The molecule has 26 heavy (non-hydrogen) atoms. The lowest BCUT2D eigenvalue weighted by Crippen LogP contribution is -2.24. The second-order valence-corrected chi connectivity index (χ2v) is 8.15. The summed E-state index contributed by atoms with van der Waals surface area (Å²) >= 11 is 1.61. The molecule has 0 saturated carbocycles. The van der Waals surface area contributed by atoms with Crippen LogP contribution in [0.2, 0.25) is 0 Å². The Labute approximate surface area is 159 Å². The Kier molecular flexibility index (Phi) is 5.11. The number of carbonyl (C=O) groups is 1. The van der Waals surface area contributed by atoms with Gasteiger partial charge in [0.25, 0.3) is 5.91 Å². The van der Waals surface area contributed by atoms with E-state index in [1.807, 2.05) is 6.07 Å². The molecule has 0 unspecified atom stereocenters. The van der Waals surface area contributed by atoms with E-state index in [0.717, 1.165) is 36.4 Å². The van der Waals surface area contributed by atoms with Crippen molar-refractivity contribution in [1.29, 1.82) is 0 Å². The van der Waals surface area contributed by atoms with E-state index < -0.39 is 0 Å². The summed E-state index contributed by atoms with van der Waals surface area (Å²) in [5.41, 5.74) is 5.36. The van der Waals surface area contributed by atoms with Gasteiger partial charge in [-0.25, -0.2) is 0 Å². The molecule has 0 fully saturated rings. The van der Waals surface area contributed by atoms with Crippen molar-refractivity contribution in [3.8, 4) is 16.2 Å². The fourth-order valence-electron chi connectivity index (χ4n) is 3.89. The number of hydrogen-bond donors (Lipinski definition) is 1. The van der Waals surface area contributed by atoms with E-state index >= 15 is 0 Å². The average molecular weight is 368 g/mol. The molecule has 0 radical (unpaired) electrons. The second kappa shape index (κ2) is 7.67. The van der Waals surface area contributed by atoms with Gasteiger partial charge in [0.05, 0.1) is 12.0 Å². The molecule has 0 aliphatic heterocycles. The van der Waals surface area contributed by atoms with E-state index in [1.165, 1.54) is 52.8 Å². The van der Waals surface area contributed by atoms with Gasteiger partial charge in [-0.15, -0.1) is 11.3 Å². The van der Waals surface area contributed by atoms with Crippen molar-refractivity contribution >= 4 is 17.2 Å². The van der Waals surface area contributed by atoms with Crippen LogP contribution in [-0.4, -0.2) is 19.6 Å². The Bertz CT molecular complexity index is 850. The molecule has 2 aliphatic rings. The van der Waals surface area contributed by atoms with Gasteiger partial charge in [-0.05, 0) is 79.8 Å². The van der Waals surface area contributed by atoms with Crippen LogP contribution in [-0.2, 0) is 12.8 Å². The van der Waals surface area contributed by atoms with Gasteiger partial charge in [0, 0.05) is 11.4 Å². The number of ether oxygens (including phenoxy) is 1. The molecule has 2 aliphatic carbocycles. The van der Waals surface area contributed by atoms with E-state index in [-0.39, 0.29) is 5.91 Å². The van der Waals surface area contributed by atoms with Crippen molar-refractivity contribution in [3.63, 3.8) is 0 Å². The Morgan fingerprint density at radius 3 is 2.85 bits per heavy atom. The summed E-state index contributed by atoms with van der Waals surface area (Å²) < 4.78 is 5.38. The summed E-state index contributed by atoms with van der Waals surface area (Å²) in [6.45, 7) is 0.734. The standard InChI is InChI=1S/C22H25NO2S/c1-25-18-10-9-16-7-8-17-13-20(26-21(17)19(16)14-18)22(24)23-12-11-15-5-3-2-4-6-15/h5,9-10,13-14H,2-4,6-8,11-12H2,1H3,(H,23,24). The van der Waals surface area contributed by atoms with Gasteiger partial charge in [0.2, 0.25) is 0 Å². The third-order valence-corrected chi connectivity index (χ3v) is 6.58. The Balaban J connectivity index is 1.46. The molecule has 1 aromatic carbocycles. The van der Waals surface area contributed by atoms with Crippen LogP contribution in [0.1, 0.15) is 52.9 Å². The van der Waals surface area contributed by atoms with Crippen molar-refractivity contribution in [3.05, 3.63) is 51.9 Å². The highest BCUT2D eigenvalue weighted by Crippen LogP contribution is 2.41. The third-order valence-electron chi connectivity index (χ3n) is 5.37. The summed E-state index contributed by atoms with van der Waals surface area (Å²) in [5.74, 6) is 0.932. The zero-order chi connectivity index (χ0) is 17.9. The minimum absolute atomic E-state index is 0.0604. The van der Waals surface area contributed by atoms with E-state index in [1.54, 1.807) is 18.4 Å². The first kappa shape index (κ1) is 17.3. The predicted molar refractivity (Wildman–Crippen MR) is 107 cm³/mol. The highest BCUT2D eigenvalue weighted by molar-refractivity contribution is 7.17. The molecule has 0 atom stereocenters. The quantitative estimate of drug-likeness (QED) is 0.743. The van der Waals surface area contributed by atoms with Gasteiger partial charge in [-0.1, -0.05) is 17.7 Å². The summed E-state index contributed by atoms with van der Waals surface area (Å²) in [6.07, 6.45) is 10.4. The third kappa shape index (κ3) is 3.56. The Hall–Kier alpha value is -2.07. The molecule has 4 heteroatoms. The summed E-state index contributed by atoms with van der Waals surface area (Å²) in [7, 11) is 1.69. The highest BCUT2D eigenvalue weighted by Gasteiger charge is 2.22. The number of allylic oxidation sites excluding steroid dienone is 1. The van der Waals surface area contributed by atoms with Gasteiger partial charge in [0.1, 0.15) is 5.75 Å². The number of amides is 1. The Morgan fingerprint density at radius 1 is 1.15 bits per heavy atom. The molecule has 1 amide bonds. The molecular weight excluding hydrogens is 342 g/mol. The molecule has 4 rings (SSSR count). The van der Waals surface area contributed by atoms with Crippen LogP contribution >= 0.6 is 11.3 Å². The zero-order valence-corrected chi connectivity index (χ0v) is 16.1. The van der Waals surface area contributed by atoms with E-state index in [0.29, 0.717) is 0 Å². The van der Waals surface area contributed by atoms with Gasteiger partial charge >= 0.3 is 0 Å². The molecule has 1 N–H and O–H groups in total. The van der Waals surface area contributed by atoms with Crippen LogP contribution < -0.4 is 10.1 Å². The second-order valence-electron chi connectivity index (χ2n) is 7.10. The molecule has 3 nitrogen and oxygen atoms in total. The van der Waals surface area contributed by atoms with Gasteiger partial charge in [-0.2, -0.15) is 0 Å². The van der Waals surface area contributed by atoms with Crippen molar-refractivity contribution in [2.24, 2.45) is 0 Å². The largest absolute Gasteiger partial charge is 0.497 e. The maximum Gasteiger partial charge on any atom is 0.261 e. The molecule has 0 saturated heterocycles. The summed E-state index contributed by atoms with van der Waals surface area (Å²) in [6, 6.07) is 8.35. The molecule has 136 valence electrons. The van der Waals surface area contributed by atoms with Crippen LogP contribution in [0.25, 0.3) is 10.4 Å². The lowest BCUT2D eigenvalue weighted by molar-refractivity contribution is 0.0958. The normalized spacial score (nSPS) is 15.7. The van der Waals surface area contributed by atoms with Crippen LogP contribution in [0, 0.1) is 0 Å². The first-order valence-electron chi connectivity index (χ1n) is 9.50. The number of fused-ring (bicyclic) bond motifs is 3. The number of benzene rings is 1. The number of rotatable bonds is 5. The van der Waals surface area contributed by atoms with E-state index in [9.17, 15) is 4.79 Å². The minimum Gasteiger partial charge on any atom is -0.497 e. The van der Waals surface area contributed by atoms with Gasteiger partial charge < -0.3 is 10.1 Å². The number of hydrogen-bond acceptors (Lipinski definition) is 3. The van der Waals surface area contributed by atoms with Crippen LogP contribution in [0.3, 0.4) is 0 Å². The van der Waals surface area contributed by atoms with E-state index in [4.69, 9.17) is 4.74 Å². The molecule has 1 heterocycles. The number of nitrogens with one attached hydrogen (secondary N) is 1. The smallest absolute Gasteiger partial charge is 0.261 e. The first-order chi connectivity index (χ1) is 12.7. The van der Waals surface area contributed by atoms with E-state index in [2.05, 4.69) is 29.6 Å². The molecule has 2 aromatic rings. The number of methoxy groups -OCH3 is 1. The predicted octanol–water partition coefficient (Wildman–Crippen LogP) is 5.14. The van der Waals surface area contributed by atoms with Crippen molar-refractivity contribution in [2.75, 3.05) is 13.7 Å². The number of aryl methyl sites for hydroxylation is 2. The Morgan fingerprint density at radius 2 is 2.04 bits per heavy atom. The monoisotopic (exact) mass is 367 g/mol. The molecule has 0 spiro atoms. The molecular formula is C22H25NO2S. The highest BCUT2D eigenvalue weighted by atomic mass is 32.1. The van der Waals surface area contributed by atoms with Crippen LogP contribution in [0.5, 0.6) is 5.75 Å². The van der Waals surface area contributed by atoms with Gasteiger partial charge in [-0.3, -0.25) is 4.79 Å². The molecule has 0 bridgehead atoms. The van der Waals surface area contributed by atoms with Crippen molar-refractivity contribution in [2.45, 2.75) is 44.9 Å². The zero-order valence-electron chi connectivity index (χ0n) is 15.3. The minimum atomic E-state index is 0.0604. The lowest BCUT2D eigenvalue weighted by atomic mass is 9.91. The fourth-order valence-corrected chi connectivity index (χ4v) is 5.07. The average Bonchev–Trinajstić information content (AvgIpc) is 3.13. The fraction of sp³-hybridized carbons (Fsp3) is 0.409. The summed E-state index contributed by atoms with van der Waals surface area (Å²) in [5, 5.41) is 3.11. The van der Waals surface area contributed by atoms with Crippen LogP contribution in [0.4, 0.5) is 0 Å². The number of carbonyl (C=O) groups excluding carboxylic acids is 1. The first-order valence-corrected chi connectivity index (χ1v) is 10.3. The number of thiophene rings is 1. The van der Waals surface area contributed by atoms with Crippen molar-refractivity contribution < 1.29 is 9.53 Å².